The number of amides is 3. The van der Waals surface area contributed by atoms with Crippen LogP contribution >= 0.6 is 0 Å². The Kier molecular flexibility index (Phi) is 12.0. The van der Waals surface area contributed by atoms with Crippen molar-refractivity contribution in [2.24, 2.45) is 17.6 Å². The van der Waals surface area contributed by atoms with Gasteiger partial charge in [-0.1, -0.05) is 13.3 Å². The number of primary amides is 1. The van der Waals surface area contributed by atoms with Crippen LogP contribution in [-0.2, 0) is 55.9 Å². The molecule has 1 saturated heterocycles. The fraction of sp³-hybridized carbons (Fsp3) is 0.622. The van der Waals surface area contributed by atoms with Gasteiger partial charge in [-0.2, -0.15) is 13.2 Å². The van der Waals surface area contributed by atoms with Crippen LogP contribution in [0.15, 0.2) is 18.2 Å². The second-order valence-electron chi connectivity index (χ2n) is 15.2. The van der Waals surface area contributed by atoms with Crippen molar-refractivity contribution in [3.05, 3.63) is 29.5 Å². The molecule has 3 heterocycles. The second kappa shape index (κ2) is 15.6. The van der Waals surface area contributed by atoms with Crippen LogP contribution in [0.3, 0.4) is 0 Å². The van der Waals surface area contributed by atoms with Crippen LogP contribution in [0.25, 0.3) is 10.9 Å². The normalized spacial score (nSPS) is 24.3. The molecule has 0 bridgehead atoms. The zero-order chi connectivity index (χ0) is 38.9. The van der Waals surface area contributed by atoms with Crippen molar-refractivity contribution in [2.75, 3.05) is 19.8 Å². The molecule has 2 aromatic rings. The number of aryl methyl sites for hydroxylation is 1. The summed E-state index contributed by atoms with van der Waals surface area (Å²) in [6.07, 6.45) is -2.21. The Morgan fingerprint density at radius 3 is 2.55 bits per heavy atom. The SMILES string of the molecule is CCCCC[C@H](CC(=O)OC(C)(C)C)C(=O)N1C[C@@]2(CCc3c(c(C(F)(F)F)nc4ccc(OCCO)cc34)O2)C[C@H]1C(=O)N[C@]1(C(N)=O)C[C@H]1[CH]=[W]. The fourth-order valence-corrected chi connectivity index (χ4v) is 8.58. The van der Waals surface area contributed by atoms with Gasteiger partial charge in [0.15, 0.2) is 0 Å². The van der Waals surface area contributed by atoms with E-state index in [1.165, 1.54) is 17.0 Å². The number of fused-ring (bicyclic) bond motifs is 3. The number of alkyl halides is 3. The third kappa shape index (κ3) is 8.88. The molecule has 290 valence electrons. The van der Waals surface area contributed by atoms with Gasteiger partial charge in [0.1, 0.15) is 18.0 Å². The molecular formula is C37H47F3N4O8W. The van der Waals surface area contributed by atoms with Crippen LogP contribution in [0, 0.1) is 11.8 Å². The first-order chi connectivity index (χ1) is 24.9. The van der Waals surface area contributed by atoms with Crippen molar-refractivity contribution in [2.45, 2.75) is 114 Å². The molecule has 2 aliphatic heterocycles. The average Bonchev–Trinajstić information content (AvgIpc) is 3.68. The number of unbranched alkanes of at least 4 members (excludes halogenated alkanes) is 2. The molecule has 1 aliphatic carbocycles. The summed E-state index contributed by atoms with van der Waals surface area (Å²) in [5, 5.41) is 12.4. The van der Waals surface area contributed by atoms with Crippen LogP contribution in [0.2, 0.25) is 0 Å². The fourth-order valence-electron chi connectivity index (χ4n) is 7.40. The average molecular weight is 917 g/mol. The standard InChI is InChI=1S/C37H47F3N4O8.W/c1-6-7-8-9-22(16-28(46)51-34(3,4)5)32(48)44-20-35(19-27(44)31(47)43-36(33(41)49)18-21(36)2)13-12-24-25-17-23(50-15-14-45)10-11-26(25)42-30(29(24)52-35)37(38,39)40;/h2,10-11,17,21-22,27,45H,6-9,12-16,18-20H2,1,3-5H3,(H2,41,49)(H,43,47);/t21-,22-,27+,35-,36-;/m1./s1. The van der Waals surface area contributed by atoms with Gasteiger partial charge in [-0.25, -0.2) is 0 Å². The van der Waals surface area contributed by atoms with Crippen molar-refractivity contribution in [1.82, 2.24) is 15.2 Å². The van der Waals surface area contributed by atoms with Crippen molar-refractivity contribution in [3.8, 4) is 11.5 Å². The summed E-state index contributed by atoms with van der Waals surface area (Å²) in [7, 11) is 0. The maximum atomic E-state index is 14.7. The van der Waals surface area contributed by atoms with Crippen molar-refractivity contribution in [1.29, 1.82) is 0 Å². The number of pyridine rings is 1. The Morgan fingerprint density at radius 1 is 1.21 bits per heavy atom. The van der Waals surface area contributed by atoms with Crippen LogP contribution < -0.4 is 20.5 Å². The number of carbonyl (C=O) groups is 4. The number of likely N-dealkylation sites (tertiary alicyclic amines) is 1. The first kappa shape index (κ1) is 40.6. The molecule has 16 heteroatoms. The summed E-state index contributed by atoms with van der Waals surface area (Å²) >= 11 is 1.08. The topological polar surface area (TPSA) is 170 Å². The molecule has 3 aliphatic rings. The van der Waals surface area contributed by atoms with Gasteiger partial charge in [-0.05, 0) is 39.0 Å². The molecule has 1 saturated carbocycles. The predicted molar refractivity (Wildman–Crippen MR) is 183 cm³/mol. The number of nitrogens with one attached hydrogen (secondary N) is 1. The number of ether oxygens (including phenoxy) is 3. The molecule has 1 spiro atoms. The number of hydrogen-bond donors (Lipinski definition) is 3. The minimum absolute atomic E-state index is 0.0166. The molecule has 1 aromatic heterocycles. The molecule has 3 amide bonds. The first-order valence-corrected chi connectivity index (χ1v) is 19.6. The van der Waals surface area contributed by atoms with Crippen LogP contribution in [-0.4, -0.2) is 85.6 Å². The number of benzene rings is 1. The molecule has 5 rings (SSSR count). The number of aromatic nitrogens is 1. The van der Waals surface area contributed by atoms with E-state index in [-0.39, 0.29) is 62.4 Å². The van der Waals surface area contributed by atoms with Crippen molar-refractivity contribution < 1.29 is 71.0 Å². The van der Waals surface area contributed by atoms with Gasteiger partial charge in [0.2, 0.25) is 0 Å². The van der Waals surface area contributed by atoms with Gasteiger partial charge in [0, 0.05) is 0 Å². The van der Waals surface area contributed by atoms with E-state index in [4.69, 9.17) is 19.9 Å². The second-order valence-corrected chi connectivity index (χ2v) is 16.2. The van der Waals surface area contributed by atoms with E-state index in [1.807, 2.05) is 11.3 Å². The number of aliphatic hydroxyl groups is 1. The predicted octanol–water partition coefficient (Wildman–Crippen LogP) is 3.93. The minimum atomic E-state index is -4.90. The van der Waals surface area contributed by atoms with Crippen LogP contribution in [0.1, 0.15) is 90.3 Å². The Morgan fingerprint density at radius 2 is 1.94 bits per heavy atom. The summed E-state index contributed by atoms with van der Waals surface area (Å²) in [6.45, 7) is 6.63. The third-order valence-electron chi connectivity index (χ3n) is 10.1. The third-order valence-corrected chi connectivity index (χ3v) is 11.3. The molecule has 2 fully saturated rings. The Hall–Kier alpha value is -3.58. The quantitative estimate of drug-likeness (QED) is 0.188. The number of nitrogens with two attached hydrogens (primary N) is 1. The molecule has 12 nitrogen and oxygen atoms in total. The molecule has 0 unspecified atom stereocenters. The Bertz CT molecular complexity index is 1770. The van der Waals surface area contributed by atoms with Gasteiger partial charge in [0.25, 0.3) is 0 Å². The van der Waals surface area contributed by atoms with E-state index in [2.05, 4.69) is 10.3 Å². The van der Waals surface area contributed by atoms with Gasteiger partial charge in [-0.15, -0.1) is 0 Å². The van der Waals surface area contributed by atoms with Gasteiger partial charge in [0.05, 0.1) is 12.1 Å². The van der Waals surface area contributed by atoms with E-state index in [0.29, 0.717) is 30.4 Å². The first-order valence-electron chi connectivity index (χ1n) is 17.9. The Balaban J connectivity index is 1.55. The van der Waals surface area contributed by atoms with E-state index in [0.717, 1.165) is 32.2 Å². The van der Waals surface area contributed by atoms with Gasteiger partial charge in [-0.3, -0.25) is 0 Å². The summed E-state index contributed by atoms with van der Waals surface area (Å²) in [5.41, 5.74) is 1.27. The summed E-state index contributed by atoms with van der Waals surface area (Å²) in [5.74, 6) is -3.83. The number of nitrogens with zero attached hydrogens (tertiary/aromatic N) is 2. The van der Waals surface area contributed by atoms with Crippen molar-refractivity contribution in [3.63, 3.8) is 0 Å². The number of rotatable bonds is 14. The molecular weight excluding hydrogens is 869 g/mol. The zero-order valence-corrected chi connectivity index (χ0v) is 33.3. The van der Waals surface area contributed by atoms with Crippen LogP contribution in [0.4, 0.5) is 13.2 Å². The number of hydrogen-bond acceptors (Lipinski definition) is 9. The summed E-state index contributed by atoms with van der Waals surface area (Å²) in [6, 6.07) is 3.20. The van der Waals surface area contributed by atoms with Crippen molar-refractivity contribution >= 4 is 39.0 Å². The Labute approximate surface area is 317 Å². The zero-order valence-electron chi connectivity index (χ0n) is 30.3. The van der Waals surface area contributed by atoms with E-state index >= 15 is 0 Å². The molecule has 53 heavy (non-hydrogen) atoms. The molecule has 0 radical (unpaired) electrons. The van der Waals surface area contributed by atoms with Crippen LogP contribution in [0.5, 0.6) is 11.5 Å². The summed E-state index contributed by atoms with van der Waals surface area (Å²) in [4.78, 5) is 59.6. The van der Waals surface area contributed by atoms with E-state index in [9.17, 15) is 37.5 Å². The maximum absolute atomic E-state index is 14.7. The van der Waals surface area contributed by atoms with Gasteiger partial charge >= 0.3 is 213 Å². The number of carbonyl (C=O) groups excluding carboxylic acids is 4. The molecule has 4 N–H and O–H groups in total. The number of halogens is 3. The number of aliphatic hydroxyl groups excluding tert-OH is 1. The summed E-state index contributed by atoms with van der Waals surface area (Å²) < 4.78 is 63.2. The molecule has 5 atom stereocenters. The monoisotopic (exact) mass is 916 g/mol. The van der Waals surface area contributed by atoms with E-state index in [1.54, 1.807) is 26.8 Å². The van der Waals surface area contributed by atoms with Gasteiger partial charge < -0.3 is 9.84 Å². The van der Waals surface area contributed by atoms with E-state index < -0.39 is 70.0 Å². The number of esters is 1. The molecule has 1 aromatic carbocycles.